The number of Topliss-reactive ketones (excluding diaryl/α,β-unsaturated/α-hetero) is 1. The Hall–Kier alpha value is -3.25. The van der Waals surface area contributed by atoms with Gasteiger partial charge in [0.2, 0.25) is 0 Å². The fourth-order valence-corrected chi connectivity index (χ4v) is 4.40. The molecule has 0 N–H and O–H groups in total. The van der Waals surface area contributed by atoms with Gasteiger partial charge in [-0.15, -0.1) is 11.3 Å². The van der Waals surface area contributed by atoms with E-state index in [1.54, 1.807) is 0 Å². The van der Waals surface area contributed by atoms with E-state index in [4.69, 9.17) is 4.74 Å². The number of carbonyl (C=O) groups excluding carboxylic acids is 1. The first kappa shape index (κ1) is 21.0. The number of thiophene rings is 1. The molecule has 0 aliphatic carbocycles. The van der Waals surface area contributed by atoms with Crippen LogP contribution in [0.25, 0.3) is 21.3 Å². The molecule has 6 heteroatoms. The molecule has 0 atom stereocenters. The Morgan fingerprint density at radius 1 is 1.10 bits per heavy atom. The maximum absolute atomic E-state index is 13.2. The summed E-state index contributed by atoms with van der Waals surface area (Å²) in [6.07, 6.45) is 1.46. The summed E-state index contributed by atoms with van der Waals surface area (Å²) in [7, 11) is 0. The molecular weight excluding hydrogens is 408 g/mol. The van der Waals surface area contributed by atoms with Crippen LogP contribution in [0, 0.1) is 0 Å². The Kier molecular flexibility index (Phi) is 6.00. The Morgan fingerprint density at radius 2 is 1.81 bits per heavy atom. The fraction of sp³-hybridized carbons (Fsp3) is 0.240. The lowest BCUT2D eigenvalue weighted by Crippen LogP contribution is -2.24. The van der Waals surface area contributed by atoms with E-state index in [0.717, 1.165) is 16.9 Å². The van der Waals surface area contributed by atoms with E-state index in [1.165, 1.54) is 27.8 Å². The van der Waals surface area contributed by atoms with Gasteiger partial charge < -0.3 is 4.74 Å². The molecule has 0 fully saturated rings. The highest BCUT2D eigenvalue weighted by molar-refractivity contribution is 7.17. The van der Waals surface area contributed by atoms with Crippen LogP contribution in [-0.4, -0.2) is 21.9 Å². The molecule has 0 spiro atoms. The van der Waals surface area contributed by atoms with Crippen LogP contribution in [0.5, 0.6) is 5.75 Å². The highest BCUT2D eigenvalue weighted by Crippen LogP contribution is 2.31. The van der Waals surface area contributed by atoms with Crippen molar-refractivity contribution in [2.24, 2.45) is 0 Å². The number of ketones is 1. The summed E-state index contributed by atoms with van der Waals surface area (Å²) < 4.78 is 6.90. The summed E-state index contributed by atoms with van der Waals surface area (Å²) in [5, 5.41) is 2.48. The standard InChI is InChI=1S/C25H24N2O3S/c1-4-30-20-11-9-18(10-12-20)21-14-31-24-23(21)25(29)27(15-26-24)13-22(28)19-7-5-17(6-8-19)16(2)3/h5-12,14-16H,4,13H2,1-3H3. The third-order valence-electron chi connectivity index (χ3n) is 5.25. The topological polar surface area (TPSA) is 61.2 Å². The average Bonchev–Trinajstić information content (AvgIpc) is 3.21. The van der Waals surface area contributed by atoms with Gasteiger partial charge in [-0.2, -0.15) is 0 Å². The van der Waals surface area contributed by atoms with Crippen LogP contribution < -0.4 is 10.3 Å². The van der Waals surface area contributed by atoms with E-state index >= 15 is 0 Å². The SMILES string of the molecule is CCOc1ccc(-c2csc3ncn(CC(=O)c4ccc(C(C)C)cc4)c(=O)c23)cc1. The maximum Gasteiger partial charge on any atom is 0.263 e. The number of fused-ring (bicyclic) bond motifs is 1. The number of carbonyl (C=O) groups is 1. The molecule has 0 radical (unpaired) electrons. The summed E-state index contributed by atoms with van der Waals surface area (Å²) in [6.45, 7) is 6.72. The van der Waals surface area contributed by atoms with Crippen molar-refractivity contribution < 1.29 is 9.53 Å². The molecule has 0 amide bonds. The van der Waals surface area contributed by atoms with Gasteiger partial charge in [-0.1, -0.05) is 50.2 Å². The van der Waals surface area contributed by atoms with Gasteiger partial charge in [-0.3, -0.25) is 14.2 Å². The van der Waals surface area contributed by atoms with Crippen LogP contribution in [0.1, 0.15) is 42.6 Å². The van der Waals surface area contributed by atoms with Crippen molar-refractivity contribution in [3.63, 3.8) is 0 Å². The third kappa shape index (κ3) is 4.30. The summed E-state index contributed by atoms with van der Waals surface area (Å²) >= 11 is 1.43. The van der Waals surface area contributed by atoms with Crippen LogP contribution in [0.3, 0.4) is 0 Å². The second-order valence-electron chi connectivity index (χ2n) is 7.66. The summed E-state index contributed by atoms with van der Waals surface area (Å²) in [5.74, 6) is 1.07. The van der Waals surface area contributed by atoms with Crippen LogP contribution in [0.4, 0.5) is 0 Å². The van der Waals surface area contributed by atoms with Gasteiger partial charge >= 0.3 is 0 Å². The van der Waals surface area contributed by atoms with E-state index in [2.05, 4.69) is 18.8 Å². The number of aromatic nitrogens is 2. The molecule has 0 bridgehead atoms. The normalized spacial score (nSPS) is 11.2. The van der Waals surface area contributed by atoms with Crippen LogP contribution >= 0.6 is 11.3 Å². The largest absolute Gasteiger partial charge is 0.494 e. The number of hydrogen-bond acceptors (Lipinski definition) is 5. The van der Waals surface area contributed by atoms with E-state index in [-0.39, 0.29) is 17.9 Å². The zero-order valence-electron chi connectivity index (χ0n) is 17.8. The minimum atomic E-state index is -0.206. The second-order valence-corrected chi connectivity index (χ2v) is 8.52. The van der Waals surface area contributed by atoms with Gasteiger partial charge in [0, 0.05) is 16.5 Å². The number of benzene rings is 2. The van der Waals surface area contributed by atoms with Crippen molar-refractivity contribution in [3.05, 3.63) is 81.7 Å². The predicted octanol–water partition coefficient (Wildman–Crippen LogP) is 5.53. The number of nitrogens with zero attached hydrogens (tertiary/aromatic N) is 2. The van der Waals surface area contributed by atoms with Crippen LogP contribution in [0.2, 0.25) is 0 Å². The molecule has 2 heterocycles. The molecule has 0 unspecified atom stereocenters. The highest BCUT2D eigenvalue weighted by atomic mass is 32.1. The van der Waals surface area contributed by atoms with E-state index in [1.807, 2.05) is 60.8 Å². The quantitative estimate of drug-likeness (QED) is 0.360. The van der Waals surface area contributed by atoms with Crippen molar-refractivity contribution in [2.45, 2.75) is 33.2 Å². The van der Waals surface area contributed by atoms with Crippen molar-refractivity contribution in [1.29, 1.82) is 0 Å². The van der Waals surface area contributed by atoms with Gasteiger partial charge in [-0.25, -0.2) is 4.98 Å². The number of ether oxygens (including phenoxy) is 1. The molecule has 4 rings (SSSR count). The molecule has 0 aliphatic rings. The van der Waals surface area contributed by atoms with Gasteiger partial charge in [-0.05, 0) is 36.1 Å². The number of hydrogen-bond donors (Lipinski definition) is 0. The monoisotopic (exact) mass is 432 g/mol. The third-order valence-corrected chi connectivity index (χ3v) is 6.14. The Labute approximate surface area is 185 Å². The first-order chi connectivity index (χ1) is 15.0. The first-order valence-electron chi connectivity index (χ1n) is 10.3. The predicted molar refractivity (Wildman–Crippen MR) is 125 cm³/mol. The van der Waals surface area contributed by atoms with Crippen LogP contribution in [-0.2, 0) is 6.54 Å². The molecule has 5 nitrogen and oxygen atoms in total. The molecule has 31 heavy (non-hydrogen) atoms. The zero-order valence-corrected chi connectivity index (χ0v) is 18.6. The zero-order chi connectivity index (χ0) is 22.0. The lowest BCUT2D eigenvalue weighted by Gasteiger charge is -2.08. The lowest BCUT2D eigenvalue weighted by atomic mass is 10.0. The summed E-state index contributed by atoms with van der Waals surface area (Å²) in [5.41, 5.74) is 3.30. The van der Waals surface area contributed by atoms with E-state index in [0.29, 0.717) is 28.3 Å². The molecule has 0 saturated carbocycles. The minimum absolute atomic E-state index is 0.0403. The minimum Gasteiger partial charge on any atom is -0.494 e. The first-order valence-corrected chi connectivity index (χ1v) is 11.2. The van der Waals surface area contributed by atoms with Crippen molar-refractivity contribution in [1.82, 2.24) is 9.55 Å². The Bertz CT molecular complexity index is 1270. The summed E-state index contributed by atoms with van der Waals surface area (Å²) in [4.78, 5) is 31.1. The van der Waals surface area contributed by atoms with Gasteiger partial charge in [0.25, 0.3) is 5.56 Å². The average molecular weight is 433 g/mol. The second kappa shape index (κ2) is 8.86. The maximum atomic E-state index is 13.2. The van der Waals surface area contributed by atoms with Crippen LogP contribution in [0.15, 0.2) is 65.0 Å². The fourth-order valence-electron chi connectivity index (χ4n) is 3.49. The molecular formula is C25H24N2O3S. The van der Waals surface area contributed by atoms with Gasteiger partial charge in [0.05, 0.1) is 24.9 Å². The van der Waals surface area contributed by atoms with E-state index in [9.17, 15) is 9.59 Å². The molecule has 0 aliphatic heterocycles. The van der Waals surface area contributed by atoms with Crippen molar-refractivity contribution >= 4 is 27.3 Å². The summed E-state index contributed by atoms with van der Waals surface area (Å²) in [6, 6.07) is 15.2. The van der Waals surface area contributed by atoms with Gasteiger partial charge in [0.15, 0.2) is 5.78 Å². The van der Waals surface area contributed by atoms with Crippen molar-refractivity contribution in [3.8, 4) is 16.9 Å². The molecule has 2 aromatic heterocycles. The smallest absolute Gasteiger partial charge is 0.263 e. The molecule has 2 aromatic carbocycles. The molecule has 0 saturated heterocycles. The van der Waals surface area contributed by atoms with Gasteiger partial charge in [0.1, 0.15) is 10.6 Å². The molecule has 4 aromatic rings. The van der Waals surface area contributed by atoms with Crippen molar-refractivity contribution in [2.75, 3.05) is 6.61 Å². The van der Waals surface area contributed by atoms with E-state index < -0.39 is 0 Å². The molecule has 158 valence electrons. The highest BCUT2D eigenvalue weighted by Gasteiger charge is 2.16. The Morgan fingerprint density at radius 3 is 2.45 bits per heavy atom. The number of rotatable bonds is 7. The Balaban J connectivity index is 1.65. The lowest BCUT2D eigenvalue weighted by molar-refractivity contribution is 0.0970.